The van der Waals surface area contributed by atoms with Gasteiger partial charge in [-0.2, -0.15) is 0 Å². The quantitative estimate of drug-likeness (QED) is 0.735. The molecule has 4 nitrogen and oxygen atoms in total. The molecular formula is C22H22N2O2. The normalized spacial score (nSPS) is 13.1. The molecule has 1 aromatic heterocycles. The van der Waals surface area contributed by atoms with Crippen molar-refractivity contribution < 1.29 is 9.47 Å². The lowest BCUT2D eigenvalue weighted by Crippen LogP contribution is -2.23. The summed E-state index contributed by atoms with van der Waals surface area (Å²) in [6.45, 7) is 2.99. The molecule has 2 aromatic carbocycles. The molecule has 1 aliphatic rings. The molecule has 0 radical (unpaired) electrons. The van der Waals surface area contributed by atoms with Gasteiger partial charge in [0.1, 0.15) is 24.7 Å². The number of aromatic nitrogens is 1. The van der Waals surface area contributed by atoms with Crippen LogP contribution in [0.4, 0.5) is 0 Å². The van der Waals surface area contributed by atoms with Gasteiger partial charge in [0.25, 0.3) is 0 Å². The molecule has 0 saturated heterocycles. The Morgan fingerprint density at radius 1 is 0.808 bits per heavy atom. The zero-order valence-corrected chi connectivity index (χ0v) is 14.7. The lowest BCUT2D eigenvalue weighted by molar-refractivity contribution is 0.294. The minimum atomic E-state index is 0.479. The van der Waals surface area contributed by atoms with Crippen molar-refractivity contribution in [1.29, 1.82) is 0 Å². The molecule has 1 aliphatic heterocycles. The van der Waals surface area contributed by atoms with Crippen molar-refractivity contribution >= 4 is 0 Å². The van der Waals surface area contributed by atoms with Gasteiger partial charge in [-0.05, 0) is 47.9 Å². The fourth-order valence-corrected chi connectivity index (χ4v) is 3.07. The van der Waals surface area contributed by atoms with Gasteiger partial charge in [-0.3, -0.25) is 4.98 Å². The Labute approximate surface area is 153 Å². The molecule has 2 heterocycles. The molecule has 26 heavy (non-hydrogen) atoms. The second-order valence-electron chi connectivity index (χ2n) is 6.45. The Kier molecular flexibility index (Phi) is 5.12. The highest BCUT2D eigenvalue weighted by molar-refractivity contribution is 5.37. The summed E-state index contributed by atoms with van der Waals surface area (Å²) in [5.41, 5.74) is 4.87. The highest BCUT2D eigenvalue weighted by atomic mass is 16.5. The monoisotopic (exact) mass is 346 g/mol. The van der Waals surface area contributed by atoms with Gasteiger partial charge in [-0.1, -0.05) is 36.4 Å². The van der Waals surface area contributed by atoms with E-state index in [9.17, 15) is 0 Å². The molecule has 0 aliphatic carbocycles. The van der Waals surface area contributed by atoms with Crippen LogP contribution in [0.5, 0.6) is 11.5 Å². The standard InChI is InChI=1S/C22H22N2O2/c1-2-4-17(5-3-1)15-26-22-10-18(12-24-14-22)16-25-21-7-6-20-13-23-9-8-19(20)11-21/h1-7,10-12,14,23H,8-9,13,15-16H2. The van der Waals surface area contributed by atoms with E-state index in [1.807, 2.05) is 48.7 Å². The Bertz CT molecular complexity index is 865. The molecule has 0 unspecified atom stereocenters. The number of pyridine rings is 1. The molecule has 4 heteroatoms. The van der Waals surface area contributed by atoms with Crippen LogP contribution in [-0.4, -0.2) is 11.5 Å². The molecule has 3 aromatic rings. The van der Waals surface area contributed by atoms with Crippen LogP contribution in [0.25, 0.3) is 0 Å². The zero-order chi connectivity index (χ0) is 17.6. The highest BCUT2D eigenvalue weighted by Crippen LogP contribution is 2.22. The summed E-state index contributed by atoms with van der Waals surface area (Å²) >= 11 is 0. The van der Waals surface area contributed by atoms with Gasteiger partial charge in [-0.25, -0.2) is 0 Å². The first-order chi connectivity index (χ1) is 12.9. The second kappa shape index (κ2) is 8.02. The van der Waals surface area contributed by atoms with Crippen LogP contribution in [0.2, 0.25) is 0 Å². The van der Waals surface area contributed by atoms with Crippen LogP contribution in [0, 0.1) is 0 Å². The Morgan fingerprint density at radius 3 is 2.58 bits per heavy atom. The maximum atomic E-state index is 5.96. The van der Waals surface area contributed by atoms with Gasteiger partial charge < -0.3 is 14.8 Å². The first kappa shape index (κ1) is 16.6. The van der Waals surface area contributed by atoms with Crippen molar-refractivity contribution in [3.8, 4) is 11.5 Å². The van der Waals surface area contributed by atoms with Crippen molar-refractivity contribution in [2.75, 3.05) is 6.54 Å². The van der Waals surface area contributed by atoms with E-state index in [2.05, 4.69) is 22.4 Å². The maximum absolute atomic E-state index is 5.96. The molecule has 0 amide bonds. The first-order valence-electron chi connectivity index (χ1n) is 8.93. The number of rotatable bonds is 6. The fourth-order valence-electron chi connectivity index (χ4n) is 3.07. The van der Waals surface area contributed by atoms with E-state index in [0.717, 1.165) is 42.1 Å². The molecule has 132 valence electrons. The fraction of sp³-hybridized carbons (Fsp3) is 0.227. The summed E-state index contributed by atoms with van der Waals surface area (Å²) < 4.78 is 11.8. The van der Waals surface area contributed by atoms with E-state index in [1.54, 1.807) is 6.20 Å². The van der Waals surface area contributed by atoms with Gasteiger partial charge in [0.15, 0.2) is 0 Å². The second-order valence-corrected chi connectivity index (χ2v) is 6.45. The number of benzene rings is 2. The molecule has 0 bridgehead atoms. The predicted molar refractivity (Wildman–Crippen MR) is 101 cm³/mol. The topological polar surface area (TPSA) is 43.4 Å². The van der Waals surface area contributed by atoms with Crippen LogP contribution in [0.3, 0.4) is 0 Å². The minimum absolute atomic E-state index is 0.479. The SMILES string of the molecule is c1ccc(COc2cncc(COc3ccc4c(c3)CCNC4)c2)cc1. The summed E-state index contributed by atoms with van der Waals surface area (Å²) in [7, 11) is 0. The molecule has 0 fully saturated rings. The Morgan fingerprint density at radius 2 is 1.65 bits per heavy atom. The first-order valence-corrected chi connectivity index (χ1v) is 8.93. The number of fused-ring (bicyclic) bond motifs is 1. The molecule has 0 saturated carbocycles. The average molecular weight is 346 g/mol. The molecule has 0 spiro atoms. The molecule has 1 N–H and O–H groups in total. The largest absolute Gasteiger partial charge is 0.489 e. The van der Waals surface area contributed by atoms with Crippen molar-refractivity contribution in [2.24, 2.45) is 0 Å². The average Bonchev–Trinajstić information content (AvgIpc) is 2.72. The van der Waals surface area contributed by atoms with E-state index in [4.69, 9.17) is 9.47 Å². The summed E-state index contributed by atoms with van der Waals surface area (Å²) in [4.78, 5) is 4.27. The molecule has 0 atom stereocenters. The summed E-state index contributed by atoms with van der Waals surface area (Å²) in [5, 5.41) is 3.39. The number of hydrogen-bond donors (Lipinski definition) is 1. The number of nitrogens with one attached hydrogen (secondary N) is 1. The summed E-state index contributed by atoms with van der Waals surface area (Å²) in [6, 6.07) is 18.4. The van der Waals surface area contributed by atoms with E-state index < -0.39 is 0 Å². The highest BCUT2D eigenvalue weighted by Gasteiger charge is 2.09. The maximum Gasteiger partial charge on any atom is 0.138 e. The van der Waals surface area contributed by atoms with E-state index in [0.29, 0.717) is 13.2 Å². The lowest BCUT2D eigenvalue weighted by Gasteiger charge is -2.18. The van der Waals surface area contributed by atoms with Crippen LogP contribution in [0.15, 0.2) is 67.0 Å². The van der Waals surface area contributed by atoms with E-state index in [1.165, 1.54) is 11.1 Å². The summed E-state index contributed by atoms with van der Waals surface area (Å²) in [5.74, 6) is 1.66. The third-order valence-corrected chi connectivity index (χ3v) is 4.49. The molecular weight excluding hydrogens is 324 g/mol. The number of hydrogen-bond acceptors (Lipinski definition) is 4. The van der Waals surface area contributed by atoms with Crippen LogP contribution < -0.4 is 14.8 Å². The minimum Gasteiger partial charge on any atom is -0.489 e. The number of nitrogens with zero attached hydrogens (tertiary/aromatic N) is 1. The number of ether oxygens (including phenoxy) is 2. The zero-order valence-electron chi connectivity index (χ0n) is 14.7. The third kappa shape index (κ3) is 4.21. The third-order valence-electron chi connectivity index (χ3n) is 4.49. The van der Waals surface area contributed by atoms with E-state index in [-0.39, 0.29) is 0 Å². The molecule has 4 rings (SSSR count). The summed E-state index contributed by atoms with van der Waals surface area (Å²) in [6.07, 6.45) is 4.60. The lowest BCUT2D eigenvalue weighted by atomic mass is 10.0. The van der Waals surface area contributed by atoms with Crippen molar-refractivity contribution in [1.82, 2.24) is 10.3 Å². The van der Waals surface area contributed by atoms with Gasteiger partial charge in [0, 0.05) is 18.3 Å². The Hall–Kier alpha value is -2.85. The van der Waals surface area contributed by atoms with Gasteiger partial charge in [0.05, 0.1) is 6.20 Å². The van der Waals surface area contributed by atoms with Crippen molar-refractivity contribution in [3.05, 3.63) is 89.2 Å². The van der Waals surface area contributed by atoms with Crippen molar-refractivity contribution in [3.63, 3.8) is 0 Å². The predicted octanol–water partition coefficient (Wildman–Crippen LogP) is 3.89. The van der Waals surface area contributed by atoms with Crippen molar-refractivity contribution in [2.45, 2.75) is 26.2 Å². The van der Waals surface area contributed by atoms with Crippen LogP contribution >= 0.6 is 0 Å². The van der Waals surface area contributed by atoms with Crippen LogP contribution in [-0.2, 0) is 26.2 Å². The smallest absolute Gasteiger partial charge is 0.138 e. The Balaban J connectivity index is 1.36. The van der Waals surface area contributed by atoms with Gasteiger partial charge in [0.2, 0.25) is 0 Å². The van der Waals surface area contributed by atoms with Gasteiger partial charge in [-0.15, -0.1) is 0 Å². The van der Waals surface area contributed by atoms with Crippen LogP contribution in [0.1, 0.15) is 22.3 Å². The van der Waals surface area contributed by atoms with E-state index >= 15 is 0 Å². The van der Waals surface area contributed by atoms with Gasteiger partial charge >= 0.3 is 0 Å².